The Morgan fingerprint density at radius 2 is 2.04 bits per heavy atom. The van der Waals surface area contributed by atoms with E-state index in [0.29, 0.717) is 24.5 Å². The molecule has 8 heteroatoms. The van der Waals surface area contributed by atoms with Gasteiger partial charge in [0, 0.05) is 42.4 Å². The van der Waals surface area contributed by atoms with Crippen molar-refractivity contribution in [1.29, 1.82) is 0 Å². The zero-order valence-corrected chi connectivity index (χ0v) is 17.0. The molecule has 0 bridgehead atoms. The van der Waals surface area contributed by atoms with Gasteiger partial charge in [0.25, 0.3) is 5.56 Å². The molecule has 3 aromatic heterocycles. The first-order chi connectivity index (χ1) is 13.6. The quantitative estimate of drug-likeness (QED) is 0.507. The van der Waals surface area contributed by atoms with Crippen LogP contribution in [0.4, 0.5) is 5.95 Å². The number of H-pyrrole nitrogens is 1. The molecule has 0 aliphatic heterocycles. The molecule has 0 saturated carbocycles. The average molecular weight is 400 g/mol. The van der Waals surface area contributed by atoms with E-state index in [1.54, 1.807) is 24.2 Å². The lowest BCUT2D eigenvalue weighted by Crippen LogP contribution is -2.18. The molecule has 0 atom stereocenters. The van der Waals surface area contributed by atoms with Gasteiger partial charge in [-0.25, -0.2) is 4.98 Å². The van der Waals surface area contributed by atoms with Gasteiger partial charge in [-0.2, -0.15) is 11.8 Å². The summed E-state index contributed by atoms with van der Waals surface area (Å²) in [4.78, 5) is 25.6. The van der Waals surface area contributed by atoms with Crippen LogP contribution in [0.5, 0.6) is 0 Å². The van der Waals surface area contributed by atoms with E-state index in [-0.39, 0.29) is 5.56 Å². The van der Waals surface area contributed by atoms with Gasteiger partial charge in [-0.1, -0.05) is 6.07 Å². The molecule has 2 N–H and O–H groups in total. The molecular formula is C20H25N5O2S. The maximum Gasteiger partial charge on any atom is 0.255 e. The van der Waals surface area contributed by atoms with Crippen LogP contribution in [0.25, 0.3) is 0 Å². The van der Waals surface area contributed by atoms with Crippen molar-refractivity contribution in [3.8, 4) is 0 Å². The number of furan rings is 1. The second-order valence-corrected chi connectivity index (χ2v) is 7.77. The highest BCUT2D eigenvalue weighted by Gasteiger charge is 2.06. The van der Waals surface area contributed by atoms with E-state index in [9.17, 15) is 4.79 Å². The van der Waals surface area contributed by atoms with Crippen molar-refractivity contribution in [2.75, 3.05) is 31.7 Å². The summed E-state index contributed by atoms with van der Waals surface area (Å²) in [7, 11) is 4.04. The highest BCUT2D eigenvalue weighted by Crippen LogP contribution is 2.16. The van der Waals surface area contributed by atoms with E-state index in [0.717, 1.165) is 35.3 Å². The van der Waals surface area contributed by atoms with Crippen molar-refractivity contribution in [3.63, 3.8) is 0 Å². The van der Waals surface area contributed by atoms with Gasteiger partial charge >= 0.3 is 0 Å². The van der Waals surface area contributed by atoms with Crippen LogP contribution in [0.1, 0.15) is 22.8 Å². The van der Waals surface area contributed by atoms with E-state index < -0.39 is 0 Å². The molecule has 0 saturated heterocycles. The summed E-state index contributed by atoms with van der Waals surface area (Å²) in [6, 6.07) is 9.70. The minimum absolute atomic E-state index is 0.139. The SMILES string of the molecule is CN(C)Cc1ccc(CSCCNc2ncc(Cc3ccccn3)c(=O)[nH]2)o1. The first kappa shape index (κ1) is 20.2. The summed E-state index contributed by atoms with van der Waals surface area (Å²) in [6.45, 7) is 1.51. The third kappa shape index (κ3) is 6.24. The zero-order chi connectivity index (χ0) is 19.8. The Kier molecular flexibility index (Phi) is 7.27. The summed E-state index contributed by atoms with van der Waals surface area (Å²) in [5.74, 6) is 4.14. The first-order valence-corrected chi connectivity index (χ1v) is 10.3. The predicted molar refractivity (Wildman–Crippen MR) is 113 cm³/mol. The number of anilines is 1. The van der Waals surface area contributed by atoms with Gasteiger partial charge in [-0.05, 0) is 38.4 Å². The Balaban J connectivity index is 1.41. The summed E-state index contributed by atoms with van der Waals surface area (Å²) in [5.41, 5.74) is 1.31. The number of aromatic nitrogens is 3. The second-order valence-electron chi connectivity index (χ2n) is 6.67. The lowest BCUT2D eigenvalue weighted by Gasteiger charge is -2.06. The van der Waals surface area contributed by atoms with E-state index in [1.807, 2.05) is 44.4 Å². The fourth-order valence-electron chi connectivity index (χ4n) is 2.65. The molecule has 0 spiro atoms. The van der Waals surface area contributed by atoms with Crippen molar-refractivity contribution >= 4 is 17.7 Å². The zero-order valence-electron chi connectivity index (χ0n) is 16.1. The fraction of sp³-hybridized carbons (Fsp3) is 0.350. The number of nitrogens with zero attached hydrogens (tertiary/aromatic N) is 3. The van der Waals surface area contributed by atoms with Crippen LogP contribution < -0.4 is 10.9 Å². The van der Waals surface area contributed by atoms with E-state index in [1.165, 1.54) is 0 Å². The molecule has 148 valence electrons. The average Bonchev–Trinajstić information content (AvgIpc) is 3.11. The Morgan fingerprint density at radius 1 is 1.18 bits per heavy atom. The van der Waals surface area contributed by atoms with Gasteiger partial charge in [0.05, 0.1) is 12.3 Å². The molecule has 0 amide bonds. The fourth-order valence-corrected chi connectivity index (χ4v) is 3.39. The van der Waals surface area contributed by atoms with Crippen molar-refractivity contribution in [2.45, 2.75) is 18.7 Å². The number of thioether (sulfide) groups is 1. The normalized spacial score (nSPS) is 11.1. The Hall–Kier alpha value is -2.58. The van der Waals surface area contributed by atoms with Gasteiger partial charge in [-0.15, -0.1) is 0 Å². The van der Waals surface area contributed by atoms with Crippen LogP contribution in [-0.4, -0.2) is 46.2 Å². The molecule has 7 nitrogen and oxygen atoms in total. The highest BCUT2D eigenvalue weighted by molar-refractivity contribution is 7.98. The summed E-state index contributed by atoms with van der Waals surface area (Å²) < 4.78 is 5.79. The lowest BCUT2D eigenvalue weighted by molar-refractivity contribution is 0.344. The summed E-state index contributed by atoms with van der Waals surface area (Å²) in [5, 5.41) is 3.15. The predicted octanol–water partition coefficient (Wildman–Crippen LogP) is 2.76. The van der Waals surface area contributed by atoms with Gasteiger partial charge in [-0.3, -0.25) is 14.8 Å². The second kappa shape index (κ2) is 10.1. The number of hydrogen-bond acceptors (Lipinski definition) is 7. The summed E-state index contributed by atoms with van der Waals surface area (Å²) in [6.07, 6.45) is 3.80. The maximum atomic E-state index is 12.2. The van der Waals surface area contributed by atoms with Crippen LogP contribution in [-0.2, 0) is 18.7 Å². The molecule has 0 aliphatic carbocycles. The monoisotopic (exact) mass is 399 g/mol. The Morgan fingerprint density at radius 3 is 2.79 bits per heavy atom. The molecule has 0 aliphatic rings. The standard InChI is InChI=1S/C20H25N5O2S/c1-25(2)13-17-6-7-18(27-17)14-28-10-9-22-20-23-12-15(19(26)24-20)11-16-5-3-4-8-21-16/h3-8,12H,9-11,13-14H2,1-2H3,(H2,22,23,24,26). The van der Waals surface area contributed by atoms with Crippen molar-refractivity contribution < 1.29 is 4.42 Å². The van der Waals surface area contributed by atoms with E-state index in [4.69, 9.17) is 4.42 Å². The third-order valence-electron chi connectivity index (χ3n) is 3.94. The molecule has 28 heavy (non-hydrogen) atoms. The van der Waals surface area contributed by atoms with Crippen molar-refractivity contribution in [3.05, 3.63) is 75.9 Å². The minimum atomic E-state index is -0.139. The van der Waals surface area contributed by atoms with Crippen LogP contribution in [0, 0.1) is 0 Å². The molecule has 0 fully saturated rings. The molecule has 0 radical (unpaired) electrons. The molecular weight excluding hydrogens is 374 g/mol. The minimum Gasteiger partial charge on any atom is -0.464 e. The molecule has 0 aromatic carbocycles. The van der Waals surface area contributed by atoms with Crippen LogP contribution >= 0.6 is 11.8 Å². The van der Waals surface area contributed by atoms with Crippen molar-refractivity contribution in [2.24, 2.45) is 0 Å². The Bertz CT molecular complexity index is 924. The van der Waals surface area contributed by atoms with Gasteiger partial charge in [0.1, 0.15) is 11.5 Å². The lowest BCUT2D eigenvalue weighted by atomic mass is 10.2. The smallest absolute Gasteiger partial charge is 0.255 e. The number of hydrogen-bond donors (Lipinski definition) is 2. The van der Waals surface area contributed by atoms with Gasteiger partial charge < -0.3 is 14.6 Å². The maximum absolute atomic E-state index is 12.2. The molecule has 3 heterocycles. The topological polar surface area (TPSA) is 87.0 Å². The molecule has 3 rings (SSSR count). The van der Waals surface area contributed by atoms with Gasteiger partial charge in [0.15, 0.2) is 0 Å². The van der Waals surface area contributed by atoms with Crippen LogP contribution in [0.15, 0.2) is 51.9 Å². The van der Waals surface area contributed by atoms with Crippen LogP contribution in [0.3, 0.4) is 0 Å². The number of rotatable bonds is 10. The number of nitrogens with one attached hydrogen (secondary N) is 2. The van der Waals surface area contributed by atoms with Crippen molar-refractivity contribution in [1.82, 2.24) is 19.9 Å². The number of aromatic amines is 1. The number of pyridine rings is 1. The van der Waals surface area contributed by atoms with E-state index >= 15 is 0 Å². The summed E-state index contributed by atoms with van der Waals surface area (Å²) >= 11 is 1.77. The molecule has 3 aromatic rings. The van der Waals surface area contributed by atoms with E-state index in [2.05, 4.69) is 25.2 Å². The largest absolute Gasteiger partial charge is 0.464 e. The molecule has 0 unspecified atom stereocenters. The van der Waals surface area contributed by atoms with Gasteiger partial charge in [0.2, 0.25) is 5.95 Å². The highest BCUT2D eigenvalue weighted by atomic mass is 32.2. The third-order valence-corrected chi connectivity index (χ3v) is 4.92. The first-order valence-electron chi connectivity index (χ1n) is 9.12. The Labute approximate surface area is 168 Å². The van der Waals surface area contributed by atoms with Crippen LogP contribution in [0.2, 0.25) is 0 Å².